The van der Waals surface area contributed by atoms with Gasteiger partial charge in [0.05, 0.1) is 24.2 Å². The van der Waals surface area contributed by atoms with Crippen LogP contribution in [0.5, 0.6) is 0 Å². The Labute approximate surface area is 96.4 Å². The maximum Gasteiger partial charge on any atom is 0.338 e. The summed E-state index contributed by atoms with van der Waals surface area (Å²) in [7, 11) is 1.19. The van der Waals surface area contributed by atoms with Crippen LogP contribution in [0.4, 0.5) is 8.78 Å². The van der Waals surface area contributed by atoms with Crippen LogP contribution < -0.4 is 0 Å². The van der Waals surface area contributed by atoms with Crippen molar-refractivity contribution in [2.75, 3.05) is 7.11 Å². The zero-order chi connectivity index (χ0) is 12.3. The van der Waals surface area contributed by atoms with Gasteiger partial charge in [0.1, 0.15) is 5.69 Å². The lowest BCUT2D eigenvalue weighted by Gasteiger charge is -2.10. The molecule has 0 atom stereocenters. The average Bonchev–Trinajstić information content (AvgIpc) is 2.28. The van der Waals surface area contributed by atoms with E-state index in [0.717, 1.165) is 6.07 Å². The van der Waals surface area contributed by atoms with E-state index in [9.17, 15) is 13.6 Å². The molecule has 0 aliphatic heterocycles. The van der Waals surface area contributed by atoms with Gasteiger partial charge in [-0.25, -0.2) is 13.6 Å². The lowest BCUT2D eigenvalue weighted by Crippen LogP contribution is -2.09. The number of nitrogens with zero attached hydrogens (tertiary/aromatic N) is 1. The van der Waals surface area contributed by atoms with Crippen molar-refractivity contribution < 1.29 is 18.3 Å². The average molecular weight is 250 g/mol. The Kier molecular flexibility index (Phi) is 4.18. The van der Waals surface area contributed by atoms with Crippen LogP contribution >= 0.6 is 11.6 Å². The number of hydrogen-bond donors (Lipinski definition) is 0. The molecule has 0 fully saturated rings. The van der Waals surface area contributed by atoms with E-state index in [1.165, 1.54) is 7.11 Å². The lowest BCUT2D eigenvalue weighted by atomic mass is 10.1. The molecule has 1 aromatic rings. The number of hydrogen-bond acceptors (Lipinski definition) is 3. The zero-order valence-corrected chi connectivity index (χ0v) is 9.52. The van der Waals surface area contributed by atoms with Gasteiger partial charge in [0.25, 0.3) is 6.43 Å². The smallest absolute Gasteiger partial charge is 0.338 e. The fraction of sp³-hybridized carbons (Fsp3) is 0.400. The summed E-state index contributed by atoms with van der Waals surface area (Å²) in [5.74, 6) is -0.704. The molecule has 1 heterocycles. The molecule has 0 aromatic carbocycles. The number of carbonyl (C=O) groups is 1. The SMILES string of the molecule is COC(=O)c1cc(C(F)F)nc(CCl)c1C. The van der Waals surface area contributed by atoms with Crippen LogP contribution in [0.2, 0.25) is 0 Å². The highest BCUT2D eigenvalue weighted by molar-refractivity contribution is 6.17. The molecule has 3 nitrogen and oxygen atoms in total. The van der Waals surface area contributed by atoms with Crippen LogP contribution in [0.15, 0.2) is 6.07 Å². The van der Waals surface area contributed by atoms with E-state index in [0.29, 0.717) is 5.56 Å². The number of pyridine rings is 1. The van der Waals surface area contributed by atoms with E-state index in [4.69, 9.17) is 11.6 Å². The number of alkyl halides is 3. The molecule has 0 aliphatic rings. The second kappa shape index (κ2) is 5.21. The van der Waals surface area contributed by atoms with Crippen molar-refractivity contribution in [2.24, 2.45) is 0 Å². The Hall–Kier alpha value is -1.23. The molecule has 0 saturated heterocycles. The number of methoxy groups -OCH3 is 1. The van der Waals surface area contributed by atoms with Crippen LogP contribution in [-0.2, 0) is 10.6 Å². The molecule has 1 rings (SSSR count). The molecule has 0 bridgehead atoms. The second-order valence-corrected chi connectivity index (χ2v) is 3.36. The summed E-state index contributed by atoms with van der Waals surface area (Å²) in [4.78, 5) is 15.0. The molecule has 0 aliphatic carbocycles. The maximum atomic E-state index is 12.5. The predicted octanol–water partition coefficient (Wildman–Crippen LogP) is 2.85. The molecule has 0 amide bonds. The topological polar surface area (TPSA) is 39.2 Å². The Morgan fingerprint density at radius 2 is 2.25 bits per heavy atom. The van der Waals surface area contributed by atoms with E-state index in [1.807, 2.05) is 0 Å². The Balaban J connectivity index is 3.35. The van der Waals surface area contributed by atoms with Crippen molar-refractivity contribution in [1.82, 2.24) is 4.98 Å². The van der Waals surface area contributed by atoms with E-state index < -0.39 is 18.1 Å². The standard InChI is InChI=1S/C10H10ClF2NO2/c1-5-6(10(15)16-2)3-7(9(12)13)14-8(5)4-11/h3,9H,4H2,1-2H3. The van der Waals surface area contributed by atoms with Gasteiger partial charge in [-0.1, -0.05) is 0 Å². The fourth-order valence-electron chi connectivity index (χ4n) is 1.25. The molecule has 0 spiro atoms. The van der Waals surface area contributed by atoms with Crippen molar-refractivity contribution in [2.45, 2.75) is 19.2 Å². The van der Waals surface area contributed by atoms with Gasteiger partial charge >= 0.3 is 5.97 Å². The predicted molar refractivity (Wildman–Crippen MR) is 54.8 cm³/mol. The number of halogens is 3. The molecule has 16 heavy (non-hydrogen) atoms. The molecular weight excluding hydrogens is 240 g/mol. The van der Waals surface area contributed by atoms with Gasteiger partial charge in [0, 0.05) is 0 Å². The van der Waals surface area contributed by atoms with Gasteiger partial charge < -0.3 is 4.74 Å². The quantitative estimate of drug-likeness (QED) is 0.611. The summed E-state index contributed by atoms with van der Waals surface area (Å²) < 4.78 is 29.5. The Morgan fingerprint density at radius 3 is 2.69 bits per heavy atom. The first kappa shape index (κ1) is 12.8. The first-order valence-corrected chi connectivity index (χ1v) is 4.97. The minimum Gasteiger partial charge on any atom is -0.465 e. The molecule has 0 unspecified atom stereocenters. The first-order chi connectivity index (χ1) is 7.51. The van der Waals surface area contributed by atoms with Crippen molar-refractivity contribution in [3.8, 4) is 0 Å². The Morgan fingerprint density at radius 1 is 1.62 bits per heavy atom. The molecular formula is C10H10ClF2NO2. The van der Waals surface area contributed by atoms with Gasteiger partial charge in [-0.05, 0) is 18.6 Å². The van der Waals surface area contributed by atoms with Crippen molar-refractivity contribution >= 4 is 17.6 Å². The summed E-state index contributed by atoms with van der Waals surface area (Å²) in [6.45, 7) is 1.59. The van der Waals surface area contributed by atoms with Crippen LogP contribution in [0, 0.1) is 6.92 Å². The molecule has 88 valence electrons. The third-order valence-electron chi connectivity index (χ3n) is 2.15. The summed E-state index contributed by atoms with van der Waals surface area (Å²) in [6.07, 6.45) is -2.74. The highest BCUT2D eigenvalue weighted by atomic mass is 35.5. The number of esters is 1. The molecule has 0 N–H and O–H groups in total. The second-order valence-electron chi connectivity index (χ2n) is 3.09. The molecule has 0 radical (unpaired) electrons. The zero-order valence-electron chi connectivity index (χ0n) is 8.76. The summed E-state index contributed by atoms with van der Waals surface area (Å²) in [5, 5.41) is 0. The van der Waals surface area contributed by atoms with Gasteiger partial charge in [-0.3, -0.25) is 4.98 Å². The van der Waals surface area contributed by atoms with Crippen molar-refractivity contribution in [3.05, 3.63) is 28.6 Å². The van der Waals surface area contributed by atoms with Crippen LogP contribution in [0.1, 0.15) is 33.7 Å². The summed E-state index contributed by atoms with van der Waals surface area (Å²) in [6, 6.07) is 1.03. The monoisotopic (exact) mass is 249 g/mol. The fourth-order valence-corrected chi connectivity index (χ4v) is 1.51. The third-order valence-corrected chi connectivity index (χ3v) is 2.40. The van der Waals surface area contributed by atoms with Gasteiger partial charge in [-0.2, -0.15) is 0 Å². The van der Waals surface area contributed by atoms with E-state index in [1.54, 1.807) is 6.92 Å². The number of aromatic nitrogens is 1. The molecule has 1 aromatic heterocycles. The third kappa shape index (κ3) is 2.47. The normalized spacial score (nSPS) is 10.6. The first-order valence-electron chi connectivity index (χ1n) is 4.44. The summed E-state index contributed by atoms with van der Waals surface area (Å²) in [5.41, 5.74) is 0.330. The van der Waals surface area contributed by atoms with E-state index in [2.05, 4.69) is 9.72 Å². The van der Waals surface area contributed by atoms with Crippen LogP contribution in [0.25, 0.3) is 0 Å². The summed E-state index contributed by atoms with van der Waals surface area (Å²) >= 11 is 5.57. The Bertz CT molecular complexity index is 410. The highest BCUT2D eigenvalue weighted by Crippen LogP contribution is 2.23. The van der Waals surface area contributed by atoms with Gasteiger partial charge in [0.2, 0.25) is 0 Å². The number of carbonyl (C=O) groups excluding carboxylic acids is 1. The minimum absolute atomic E-state index is 0.0314. The van der Waals surface area contributed by atoms with Crippen molar-refractivity contribution in [1.29, 1.82) is 0 Å². The van der Waals surface area contributed by atoms with Gasteiger partial charge in [-0.15, -0.1) is 11.6 Å². The van der Waals surface area contributed by atoms with Gasteiger partial charge in [0.15, 0.2) is 0 Å². The lowest BCUT2D eigenvalue weighted by molar-refractivity contribution is 0.0599. The highest BCUT2D eigenvalue weighted by Gasteiger charge is 2.19. The number of ether oxygens (including phenoxy) is 1. The molecule has 0 saturated carbocycles. The van der Waals surface area contributed by atoms with Crippen molar-refractivity contribution in [3.63, 3.8) is 0 Å². The minimum atomic E-state index is -2.74. The number of rotatable bonds is 3. The van der Waals surface area contributed by atoms with Crippen LogP contribution in [0.3, 0.4) is 0 Å². The largest absolute Gasteiger partial charge is 0.465 e. The van der Waals surface area contributed by atoms with E-state index >= 15 is 0 Å². The maximum absolute atomic E-state index is 12.5. The van der Waals surface area contributed by atoms with Crippen LogP contribution in [-0.4, -0.2) is 18.1 Å². The molecule has 6 heteroatoms. The van der Waals surface area contributed by atoms with E-state index in [-0.39, 0.29) is 17.1 Å².